The van der Waals surface area contributed by atoms with Crippen molar-refractivity contribution >= 4 is 0 Å². The Labute approximate surface area is 94.7 Å². The molecule has 0 unspecified atom stereocenters. The zero-order valence-corrected chi connectivity index (χ0v) is 10.6. The van der Waals surface area contributed by atoms with Gasteiger partial charge < -0.3 is 10.2 Å². The summed E-state index contributed by atoms with van der Waals surface area (Å²) >= 11 is 0. The first-order valence-corrected chi connectivity index (χ1v) is 6.42. The van der Waals surface area contributed by atoms with Crippen molar-refractivity contribution in [2.45, 2.75) is 65.4 Å². The summed E-state index contributed by atoms with van der Waals surface area (Å²) in [6.07, 6.45) is 6.83. The molecule has 0 amide bonds. The molecular weight excluding hydrogens is 188 g/mol. The molecule has 0 aromatic rings. The third-order valence-corrected chi connectivity index (χ3v) is 3.08. The Morgan fingerprint density at radius 2 is 1.60 bits per heavy atom. The van der Waals surface area contributed by atoms with E-state index in [1.54, 1.807) is 0 Å². The highest BCUT2D eigenvalue weighted by atomic mass is 16.3. The number of hydrogen-bond acceptors (Lipinski definition) is 2. The van der Waals surface area contributed by atoms with E-state index in [1.807, 2.05) is 13.8 Å². The van der Waals surface area contributed by atoms with Gasteiger partial charge in [-0.2, -0.15) is 0 Å². The van der Waals surface area contributed by atoms with Crippen LogP contribution in [0.1, 0.15) is 59.3 Å². The zero-order valence-electron chi connectivity index (χ0n) is 10.6. The summed E-state index contributed by atoms with van der Waals surface area (Å²) < 4.78 is 0. The van der Waals surface area contributed by atoms with E-state index in [2.05, 4.69) is 6.92 Å². The monoisotopic (exact) mass is 216 g/mol. The second-order valence-electron chi connectivity index (χ2n) is 4.88. The van der Waals surface area contributed by atoms with E-state index in [0.717, 1.165) is 12.8 Å². The molecule has 0 radical (unpaired) electrons. The summed E-state index contributed by atoms with van der Waals surface area (Å²) in [6, 6.07) is 0. The summed E-state index contributed by atoms with van der Waals surface area (Å²) in [5.74, 6) is 0.324. The van der Waals surface area contributed by atoms with E-state index < -0.39 is 0 Å². The molecule has 0 aliphatic carbocycles. The summed E-state index contributed by atoms with van der Waals surface area (Å²) in [5, 5.41) is 19.0. The van der Waals surface area contributed by atoms with Crippen LogP contribution in [0.15, 0.2) is 0 Å². The van der Waals surface area contributed by atoms with Gasteiger partial charge in [0.1, 0.15) is 0 Å². The number of aliphatic hydroxyl groups is 2. The maximum Gasteiger partial charge on any atom is 0.0613 e. The third kappa shape index (κ3) is 6.91. The highest BCUT2D eigenvalue weighted by molar-refractivity contribution is 4.71. The van der Waals surface area contributed by atoms with E-state index in [4.69, 9.17) is 0 Å². The van der Waals surface area contributed by atoms with E-state index in [0.29, 0.717) is 0 Å². The Morgan fingerprint density at radius 1 is 1.00 bits per heavy atom. The maximum atomic E-state index is 9.83. The smallest absolute Gasteiger partial charge is 0.0613 e. The van der Waals surface area contributed by atoms with E-state index >= 15 is 0 Å². The van der Waals surface area contributed by atoms with Crippen LogP contribution < -0.4 is 0 Å². The van der Waals surface area contributed by atoms with Gasteiger partial charge in [-0.15, -0.1) is 0 Å². The molecule has 2 N–H and O–H groups in total. The van der Waals surface area contributed by atoms with Crippen molar-refractivity contribution in [2.24, 2.45) is 11.8 Å². The Bertz CT molecular complexity index is 134. The number of unbranched alkanes of at least 4 members (excludes halogenated alkanes) is 4. The standard InChI is InChI=1S/C13H28O2/c1-4-5-6-7-8-9-12(10-14)13(15)11(2)3/h11-15H,4-10H2,1-3H3/t12-,13+/m1/s1. The second kappa shape index (κ2) is 9.17. The van der Waals surface area contributed by atoms with Gasteiger partial charge >= 0.3 is 0 Å². The molecule has 0 aliphatic heterocycles. The molecule has 0 heterocycles. The molecular formula is C13H28O2. The lowest BCUT2D eigenvalue weighted by molar-refractivity contribution is 0.0285. The lowest BCUT2D eigenvalue weighted by Crippen LogP contribution is -2.28. The Hall–Kier alpha value is -0.0800. The van der Waals surface area contributed by atoms with Gasteiger partial charge in [-0.1, -0.05) is 52.9 Å². The highest BCUT2D eigenvalue weighted by Gasteiger charge is 2.20. The lowest BCUT2D eigenvalue weighted by atomic mass is 9.89. The van der Waals surface area contributed by atoms with Gasteiger partial charge in [-0.3, -0.25) is 0 Å². The predicted molar refractivity (Wildman–Crippen MR) is 64.8 cm³/mol. The molecule has 0 saturated heterocycles. The Balaban J connectivity index is 3.61. The zero-order chi connectivity index (χ0) is 11.7. The predicted octanol–water partition coefficient (Wildman–Crippen LogP) is 2.97. The minimum Gasteiger partial charge on any atom is -0.396 e. The molecule has 92 valence electrons. The van der Waals surface area contributed by atoms with Crippen LogP contribution in [0, 0.1) is 11.8 Å². The Morgan fingerprint density at radius 3 is 2.07 bits per heavy atom. The fraction of sp³-hybridized carbons (Fsp3) is 1.00. The molecule has 0 fully saturated rings. The summed E-state index contributed by atoms with van der Waals surface area (Å²) in [4.78, 5) is 0. The molecule has 0 aromatic heterocycles. The van der Waals surface area contributed by atoms with Crippen molar-refractivity contribution in [3.8, 4) is 0 Å². The van der Waals surface area contributed by atoms with Crippen LogP contribution in [0.5, 0.6) is 0 Å². The van der Waals surface area contributed by atoms with Crippen molar-refractivity contribution in [2.75, 3.05) is 6.61 Å². The molecule has 2 nitrogen and oxygen atoms in total. The van der Waals surface area contributed by atoms with E-state index in [9.17, 15) is 10.2 Å². The molecule has 2 atom stereocenters. The Kier molecular flexibility index (Phi) is 9.12. The molecule has 0 rings (SSSR count). The second-order valence-corrected chi connectivity index (χ2v) is 4.88. The third-order valence-electron chi connectivity index (χ3n) is 3.08. The summed E-state index contributed by atoms with van der Waals surface area (Å²) in [6.45, 7) is 6.33. The quantitative estimate of drug-likeness (QED) is 0.582. The molecule has 0 aromatic carbocycles. The first-order chi connectivity index (χ1) is 7.13. The fourth-order valence-electron chi connectivity index (χ4n) is 1.92. The van der Waals surface area contributed by atoms with Crippen molar-refractivity contribution < 1.29 is 10.2 Å². The van der Waals surface area contributed by atoms with Crippen molar-refractivity contribution in [1.29, 1.82) is 0 Å². The van der Waals surface area contributed by atoms with Crippen molar-refractivity contribution in [3.05, 3.63) is 0 Å². The lowest BCUT2D eigenvalue weighted by Gasteiger charge is -2.23. The van der Waals surface area contributed by atoms with Gasteiger partial charge in [0.15, 0.2) is 0 Å². The molecule has 15 heavy (non-hydrogen) atoms. The normalized spacial score (nSPS) is 15.6. The first-order valence-electron chi connectivity index (χ1n) is 6.42. The van der Waals surface area contributed by atoms with Crippen LogP contribution in [0.2, 0.25) is 0 Å². The average Bonchev–Trinajstić information content (AvgIpc) is 2.22. The fourth-order valence-corrected chi connectivity index (χ4v) is 1.92. The van der Waals surface area contributed by atoms with Gasteiger partial charge in [-0.05, 0) is 12.3 Å². The van der Waals surface area contributed by atoms with E-state index in [1.165, 1.54) is 25.7 Å². The van der Waals surface area contributed by atoms with Gasteiger partial charge in [-0.25, -0.2) is 0 Å². The molecule has 2 heteroatoms. The SMILES string of the molecule is CCCCCCC[C@H](CO)[C@@H](O)C(C)C. The van der Waals surface area contributed by atoms with Crippen LogP contribution in [-0.2, 0) is 0 Å². The van der Waals surface area contributed by atoms with Gasteiger partial charge in [0.2, 0.25) is 0 Å². The molecule has 0 bridgehead atoms. The highest BCUT2D eigenvalue weighted by Crippen LogP contribution is 2.19. The number of hydrogen-bond donors (Lipinski definition) is 2. The van der Waals surface area contributed by atoms with Gasteiger partial charge in [0, 0.05) is 12.5 Å². The van der Waals surface area contributed by atoms with Gasteiger partial charge in [0.05, 0.1) is 6.10 Å². The number of rotatable bonds is 9. The minimum absolute atomic E-state index is 0.0756. The van der Waals surface area contributed by atoms with Crippen molar-refractivity contribution in [1.82, 2.24) is 0 Å². The molecule has 0 aliphatic rings. The van der Waals surface area contributed by atoms with Crippen LogP contribution in [0.3, 0.4) is 0 Å². The summed E-state index contributed by atoms with van der Waals surface area (Å²) in [7, 11) is 0. The maximum absolute atomic E-state index is 9.83. The largest absolute Gasteiger partial charge is 0.396 e. The number of aliphatic hydroxyl groups excluding tert-OH is 2. The van der Waals surface area contributed by atoms with Crippen LogP contribution in [0.4, 0.5) is 0 Å². The minimum atomic E-state index is -0.346. The molecule has 0 saturated carbocycles. The topological polar surface area (TPSA) is 40.5 Å². The first kappa shape index (κ1) is 14.9. The van der Waals surface area contributed by atoms with Crippen LogP contribution in [0.25, 0.3) is 0 Å². The van der Waals surface area contributed by atoms with Gasteiger partial charge in [0.25, 0.3) is 0 Å². The molecule has 0 spiro atoms. The van der Waals surface area contributed by atoms with Crippen LogP contribution >= 0.6 is 0 Å². The van der Waals surface area contributed by atoms with Crippen molar-refractivity contribution in [3.63, 3.8) is 0 Å². The summed E-state index contributed by atoms with van der Waals surface area (Å²) in [5.41, 5.74) is 0. The van der Waals surface area contributed by atoms with Crippen LogP contribution in [-0.4, -0.2) is 22.9 Å². The van der Waals surface area contributed by atoms with E-state index in [-0.39, 0.29) is 24.5 Å². The average molecular weight is 216 g/mol.